The molecule has 524 valence electrons. The molecular formula is C66H102F3N7O17. The molecule has 1 aliphatic heterocycles. The van der Waals surface area contributed by atoms with Crippen LogP contribution in [0, 0.1) is 53.3 Å². The third-order valence-corrected chi connectivity index (χ3v) is 18.3. The summed E-state index contributed by atoms with van der Waals surface area (Å²) in [5, 5.41) is 44.9. The monoisotopic (exact) mass is 1320 g/mol. The van der Waals surface area contributed by atoms with E-state index in [0.717, 1.165) is 12.0 Å². The zero-order valence-electron chi connectivity index (χ0n) is 55.8. The number of hydrogen-bond acceptors (Lipinski definition) is 16. The Balaban J connectivity index is 0.00000396. The summed E-state index contributed by atoms with van der Waals surface area (Å²) in [4.78, 5) is 176. The Labute approximate surface area is 543 Å². The highest BCUT2D eigenvalue weighted by molar-refractivity contribution is 6.00. The number of alkyl halides is 3. The minimum absolute atomic E-state index is 0.287. The molecule has 0 bridgehead atoms. The highest BCUT2D eigenvalue weighted by Crippen LogP contribution is 2.31. The van der Waals surface area contributed by atoms with Crippen LogP contribution in [0.3, 0.4) is 0 Å². The van der Waals surface area contributed by atoms with Gasteiger partial charge in [-0.15, -0.1) is 0 Å². The van der Waals surface area contributed by atoms with E-state index in [1.165, 1.54) is 13.8 Å². The van der Waals surface area contributed by atoms with E-state index >= 15 is 0 Å². The average molecular weight is 1320 g/mol. The number of rotatable bonds is 33. The number of ketones is 4. The largest absolute Gasteiger partial charge is 0.490 e. The van der Waals surface area contributed by atoms with Gasteiger partial charge in [0.2, 0.25) is 41.4 Å². The summed E-state index contributed by atoms with van der Waals surface area (Å²) in [5.41, 5.74) is 5.13. The molecule has 0 aromatic heterocycles. The number of esters is 1. The van der Waals surface area contributed by atoms with Crippen molar-refractivity contribution in [2.45, 2.75) is 233 Å². The Morgan fingerprint density at radius 3 is 1.66 bits per heavy atom. The number of carbonyl (C=O) groups excluding carboxylic acids is 12. The molecule has 11 N–H and O–H groups in total. The number of primary amides is 1. The van der Waals surface area contributed by atoms with E-state index in [9.17, 15) is 80.9 Å². The number of aliphatic hydroxyl groups is 2. The number of benzene rings is 1. The third kappa shape index (κ3) is 25.6. The Morgan fingerprint density at radius 2 is 1.18 bits per heavy atom. The number of nitrogens with two attached hydrogens (primary N) is 1. The molecular weight excluding hydrogens is 1220 g/mol. The van der Waals surface area contributed by atoms with Gasteiger partial charge < -0.3 is 57.7 Å². The molecule has 2 aliphatic rings. The first-order valence-corrected chi connectivity index (χ1v) is 32.6. The molecule has 15 atom stereocenters. The molecule has 1 saturated carbocycles. The lowest BCUT2D eigenvalue weighted by Crippen LogP contribution is -2.63. The molecule has 1 aromatic carbocycles. The Morgan fingerprint density at radius 1 is 0.677 bits per heavy atom. The van der Waals surface area contributed by atoms with E-state index in [-0.39, 0.29) is 24.7 Å². The van der Waals surface area contributed by atoms with E-state index in [0.29, 0.717) is 64.2 Å². The number of halogens is 3. The smallest absolute Gasteiger partial charge is 0.475 e. The first-order chi connectivity index (χ1) is 43.6. The first kappa shape index (κ1) is 81.9. The number of ether oxygens (including phenoxy) is 1. The van der Waals surface area contributed by atoms with Gasteiger partial charge in [0, 0.05) is 49.9 Å². The van der Waals surface area contributed by atoms with Crippen LogP contribution in [0.5, 0.6) is 0 Å². The van der Waals surface area contributed by atoms with Crippen LogP contribution in [0.2, 0.25) is 0 Å². The van der Waals surface area contributed by atoms with Crippen molar-refractivity contribution in [3.63, 3.8) is 0 Å². The molecule has 0 radical (unpaired) electrons. The van der Waals surface area contributed by atoms with E-state index in [1.54, 1.807) is 41.5 Å². The zero-order chi connectivity index (χ0) is 70.7. The van der Waals surface area contributed by atoms with Crippen LogP contribution in [-0.4, -0.2) is 153 Å². The number of carbonyl (C=O) groups is 13. The van der Waals surface area contributed by atoms with Gasteiger partial charge >= 0.3 is 18.1 Å². The lowest BCUT2D eigenvalue weighted by atomic mass is 9.79. The summed E-state index contributed by atoms with van der Waals surface area (Å²) in [5.74, 6) is -18.2. The number of Topliss-reactive ketones (excluding diaryl/α,β-unsaturated/α-hetero) is 4. The van der Waals surface area contributed by atoms with Crippen molar-refractivity contribution < 1.29 is 95.6 Å². The molecule has 7 amide bonds. The third-order valence-electron chi connectivity index (χ3n) is 18.3. The number of aliphatic hydroxyl groups excluding tert-OH is 2. The van der Waals surface area contributed by atoms with Crippen molar-refractivity contribution in [2.75, 3.05) is 13.2 Å². The fourth-order valence-corrected chi connectivity index (χ4v) is 11.2. The summed E-state index contributed by atoms with van der Waals surface area (Å²) in [6.45, 7) is 17.2. The van der Waals surface area contributed by atoms with Crippen LogP contribution >= 0.6 is 0 Å². The van der Waals surface area contributed by atoms with Crippen molar-refractivity contribution >= 4 is 76.4 Å². The second kappa shape index (κ2) is 39.5. The van der Waals surface area contributed by atoms with Crippen LogP contribution in [0.25, 0.3) is 0 Å². The predicted octanol–water partition coefficient (Wildman–Crippen LogP) is 4.83. The van der Waals surface area contributed by atoms with E-state index in [4.69, 9.17) is 20.4 Å². The standard InChI is InChI=1S/C64H101N7O15.C2HF3O2/c1-12-36(6)46(33-48(74)47(25-26-52(65)78)66-59(81)44(34-72)31-50(76)53(37(7)13-2)67-58(80)43(16-5)30-42-23-19-17-20-24-42)61(83)68-54(38(8)14-3)51(77)32-45(35-73)60(82)69-56-41(11)86-62(84)55(39(9)15-4)70-63(85)64(27-21-18-22-28-64)71-57(79)40(10)29-49(56)75;3-2(4,5)1(6)7/h17,19-20,23-24,36-41,43-47,53-56,72-73H,12-16,18,21-22,25-35H2,1-11H3,(H2,65,78)(H,66,81)(H,67,80)(H,68,83)(H,69,82)(H,70,85)(H,71,79);(H,6,7)/t36-,37-,38-,39-,40+,41-,43+,44-,45-,46+,47+,53-,54-,55-,56+;/m0./s1. The number of carboxylic acid groups (broad SMARTS) is 1. The molecule has 3 rings (SSSR count). The molecule has 1 spiro atoms. The molecule has 1 aliphatic carbocycles. The van der Waals surface area contributed by atoms with Gasteiger partial charge in [-0.3, -0.25) is 52.7 Å². The second-order valence-electron chi connectivity index (χ2n) is 25.3. The second-order valence-corrected chi connectivity index (χ2v) is 25.3. The molecule has 27 heteroatoms. The number of nitrogens with one attached hydrogen (secondary N) is 6. The fraction of sp³-hybridized carbons (Fsp3) is 0.712. The topological polar surface area (TPSA) is 390 Å². The van der Waals surface area contributed by atoms with Gasteiger partial charge in [-0.25, -0.2) is 9.59 Å². The van der Waals surface area contributed by atoms with Gasteiger partial charge in [-0.05, 0) is 68.3 Å². The summed E-state index contributed by atoms with van der Waals surface area (Å²) in [6.07, 6.45) is -3.77. The van der Waals surface area contributed by atoms with Crippen LogP contribution < -0.4 is 37.6 Å². The summed E-state index contributed by atoms with van der Waals surface area (Å²) in [6, 6.07) is 3.02. The number of cyclic esters (lactones) is 1. The van der Waals surface area contributed by atoms with E-state index in [2.05, 4.69) is 31.9 Å². The lowest BCUT2D eigenvalue weighted by molar-refractivity contribution is -0.192. The van der Waals surface area contributed by atoms with Gasteiger partial charge in [0.1, 0.15) is 23.7 Å². The first-order valence-electron chi connectivity index (χ1n) is 32.6. The summed E-state index contributed by atoms with van der Waals surface area (Å²) < 4.78 is 37.6. The van der Waals surface area contributed by atoms with Crippen LogP contribution in [-0.2, 0) is 73.5 Å². The van der Waals surface area contributed by atoms with Gasteiger partial charge in [-0.2, -0.15) is 13.2 Å². The fourth-order valence-electron chi connectivity index (χ4n) is 11.2. The van der Waals surface area contributed by atoms with Crippen molar-refractivity contribution in [3.05, 3.63) is 35.9 Å². The molecule has 24 nitrogen and oxygen atoms in total. The van der Waals surface area contributed by atoms with Crippen molar-refractivity contribution in [3.8, 4) is 0 Å². The Kier molecular flexibility index (Phi) is 34.8. The molecule has 1 saturated heterocycles. The average Bonchev–Trinajstić information content (AvgIpc) is 1.70. The maximum absolute atomic E-state index is 14.5. The normalized spacial score (nSPS) is 21.4. The van der Waals surface area contributed by atoms with E-state index < -0.39 is 205 Å². The molecule has 93 heavy (non-hydrogen) atoms. The minimum Gasteiger partial charge on any atom is -0.475 e. The maximum Gasteiger partial charge on any atom is 0.490 e. The van der Waals surface area contributed by atoms with Crippen molar-refractivity contribution in [1.82, 2.24) is 31.9 Å². The summed E-state index contributed by atoms with van der Waals surface area (Å²) >= 11 is 0. The zero-order valence-corrected chi connectivity index (χ0v) is 55.8. The van der Waals surface area contributed by atoms with Gasteiger partial charge in [0.05, 0.1) is 43.2 Å². The number of carboxylic acids is 1. The van der Waals surface area contributed by atoms with Crippen LogP contribution in [0.15, 0.2) is 30.3 Å². The van der Waals surface area contributed by atoms with Crippen molar-refractivity contribution in [2.24, 2.45) is 59.0 Å². The molecule has 1 heterocycles. The van der Waals surface area contributed by atoms with Crippen molar-refractivity contribution in [1.29, 1.82) is 0 Å². The number of hydrogen-bond donors (Lipinski definition) is 10. The quantitative estimate of drug-likeness (QED) is 0.0421. The molecule has 2 fully saturated rings. The Bertz CT molecular complexity index is 2710. The van der Waals surface area contributed by atoms with Crippen LogP contribution in [0.1, 0.15) is 184 Å². The summed E-state index contributed by atoms with van der Waals surface area (Å²) in [7, 11) is 0. The van der Waals surface area contributed by atoms with Gasteiger partial charge in [0.15, 0.2) is 23.1 Å². The molecule has 0 unspecified atom stereocenters. The number of aliphatic carboxylic acids is 1. The molecule has 1 aromatic rings. The highest BCUT2D eigenvalue weighted by atomic mass is 19.4. The maximum atomic E-state index is 14.5. The van der Waals surface area contributed by atoms with Crippen LogP contribution in [0.4, 0.5) is 13.2 Å². The van der Waals surface area contributed by atoms with Gasteiger partial charge in [-0.1, -0.05) is 145 Å². The SMILES string of the molecule is CC[C@H](Cc1ccccc1)C(=O)N[C@H](C(=O)C[C@@H](CO)C(=O)N[C@H](CCC(N)=O)C(=O)C[C@@H](C(=O)N[C@H](C(=O)C[C@@H](CO)C(=O)N[C@H]1C(=O)C[C@@H](C)C(=O)NC2(CCCCC2)C(=O)N[C@@H]([C@@H](C)CC)C(=O)O[C@H]1C)[C@@H](C)CC)[C@@H](C)CC)[C@@H](C)CC.O=C(O)C(F)(F)F. The van der Waals surface area contributed by atoms with Gasteiger partial charge in [0.25, 0.3) is 0 Å². The lowest BCUT2D eigenvalue weighted by Gasteiger charge is -2.38. The highest BCUT2D eigenvalue weighted by Gasteiger charge is 2.46. The minimum atomic E-state index is -5.08. The predicted molar refractivity (Wildman–Crippen MR) is 335 cm³/mol. The van der Waals surface area contributed by atoms with E-state index in [1.807, 2.05) is 51.1 Å². The number of amides is 7. The Hall–Kier alpha value is -7.16.